The minimum absolute atomic E-state index is 0.0670. The Morgan fingerprint density at radius 3 is 2.46 bits per heavy atom. The smallest absolute Gasteiger partial charge is 0.255 e. The molecule has 0 aromatic rings. The van der Waals surface area contributed by atoms with Gasteiger partial charge in [0, 0.05) is 25.7 Å². The third kappa shape index (κ3) is 4.50. The lowest BCUT2D eigenvalue weighted by molar-refractivity contribution is -0.157. The number of amides is 1. The molecule has 1 aliphatic heterocycles. The van der Waals surface area contributed by atoms with Crippen LogP contribution in [0.25, 0.3) is 0 Å². The van der Waals surface area contributed by atoms with Gasteiger partial charge < -0.3 is 20.4 Å². The SMILES string of the molecule is O=C1N(CC2CCCCC2)CCC[C@]1(O)CNC1CCC(O)CC1. The predicted octanol–water partition coefficient (Wildman–Crippen LogP) is 1.81. The third-order valence-electron chi connectivity index (χ3n) is 6.29. The highest BCUT2D eigenvalue weighted by Crippen LogP contribution is 2.29. The molecule has 0 spiro atoms. The van der Waals surface area contributed by atoms with E-state index in [2.05, 4.69) is 5.32 Å². The lowest BCUT2D eigenvalue weighted by Gasteiger charge is -2.41. The van der Waals surface area contributed by atoms with Crippen LogP contribution < -0.4 is 5.32 Å². The normalized spacial score (nSPS) is 36.1. The number of carbonyl (C=O) groups is 1. The van der Waals surface area contributed by atoms with Gasteiger partial charge in [-0.25, -0.2) is 0 Å². The lowest BCUT2D eigenvalue weighted by atomic mass is 9.86. The molecule has 0 bridgehead atoms. The Hall–Kier alpha value is -0.650. The summed E-state index contributed by atoms with van der Waals surface area (Å²) >= 11 is 0. The molecular weight excluding hydrogens is 304 g/mol. The Kier molecular flexibility index (Phi) is 6.17. The maximum Gasteiger partial charge on any atom is 0.255 e. The van der Waals surface area contributed by atoms with Gasteiger partial charge in [0.2, 0.25) is 0 Å². The van der Waals surface area contributed by atoms with E-state index in [1.165, 1.54) is 32.1 Å². The van der Waals surface area contributed by atoms with Crippen LogP contribution in [0.15, 0.2) is 0 Å². The van der Waals surface area contributed by atoms with Crippen molar-refractivity contribution in [2.24, 2.45) is 5.92 Å². The fourth-order valence-corrected chi connectivity index (χ4v) is 4.68. The minimum Gasteiger partial charge on any atom is -0.393 e. The van der Waals surface area contributed by atoms with Gasteiger partial charge in [-0.3, -0.25) is 4.79 Å². The summed E-state index contributed by atoms with van der Waals surface area (Å²) in [5, 5.41) is 23.9. The van der Waals surface area contributed by atoms with Gasteiger partial charge in [-0.1, -0.05) is 19.3 Å². The van der Waals surface area contributed by atoms with Crippen molar-refractivity contribution in [2.45, 2.75) is 88.4 Å². The van der Waals surface area contributed by atoms with Crippen molar-refractivity contribution < 1.29 is 15.0 Å². The van der Waals surface area contributed by atoms with Gasteiger partial charge in [-0.05, 0) is 57.3 Å². The Morgan fingerprint density at radius 2 is 1.75 bits per heavy atom. The van der Waals surface area contributed by atoms with E-state index in [4.69, 9.17) is 0 Å². The zero-order chi connectivity index (χ0) is 17.0. The van der Waals surface area contributed by atoms with Crippen LogP contribution in [0.3, 0.4) is 0 Å². The molecule has 1 saturated heterocycles. The number of aliphatic hydroxyl groups excluding tert-OH is 1. The molecular formula is C19H34N2O3. The Bertz CT molecular complexity index is 417. The largest absolute Gasteiger partial charge is 0.393 e. The molecule has 3 fully saturated rings. The first-order valence-corrected chi connectivity index (χ1v) is 10.00. The molecule has 0 aromatic heterocycles. The third-order valence-corrected chi connectivity index (χ3v) is 6.29. The van der Waals surface area contributed by atoms with Gasteiger partial charge in [0.05, 0.1) is 6.10 Å². The first-order chi connectivity index (χ1) is 11.6. The van der Waals surface area contributed by atoms with E-state index in [1.54, 1.807) is 0 Å². The molecule has 3 rings (SSSR count). The van der Waals surface area contributed by atoms with Crippen molar-refractivity contribution in [3.63, 3.8) is 0 Å². The van der Waals surface area contributed by atoms with Gasteiger partial charge in [0.25, 0.3) is 5.91 Å². The summed E-state index contributed by atoms with van der Waals surface area (Å²) in [6, 6.07) is 0.318. The fourth-order valence-electron chi connectivity index (χ4n) is 4.68. The van der Waals surface area contributed by atoms with Crippen molar-refractivity contribution in [3.05, 3.63) is 0 Å². The highest BCUT2D eigenvalue weighted by Gasteiger charge is 2.42. The molecule has 3 N–H and O–H groups in total. The number of aliphatic hydroxyl groups is 2. The number of hydrogen-bond donors (Lipinski definition) is 3. The number of carbonyl (C=O) groups excluding carboxylic acids is 1. The van der Waals surface area contributed by atoms with Gasteiger partial charge >= 0.3 is 0 Å². The molecule has 1 amide bonds. The first kappa shape index (κ1) is 18.2. The second kappa shape index (κ2) is 8.15. The highest BCUT2D eigenvalue weighted by atomic mass is 16.3. The fraction of sp³-hybridized carbons (Fsp3) is 0.947. The molecule has 0 radical (unpaired) electrons. The van der Waals surface area contributed by atoms with Crippen LogP contribution >= 0.6 is 0 Å². The second-order valence-electron chi connectivity index (χ2n) is 8.28. The monoisotopic (exact) mass is 338 g/mol. The van der Waals surface area contributed by atoms with Gasteiger partial charge in [-0.2, -0.15) is 0 Å². The van der Waals surface area contributed by atoms with E-state index < -0.39 is 5.60 Å². The summed E-state index contributed by atoms with van der Waals surface area (Å²) in [7, 11) is 0. The van der Waals surface area contributed by atoms with Gasteiger partial charge in [-0.15, -0.1) is 0 Å². The molecule has 5 heteroatoms. The van der Waals surface area contributed by atoms with Crippen LogP contribution in [0, 0.1) is 5.92 Å². The Balaban J connectivity index is 1.50. The molecule has 1 atom stereocenters. The van der Waals surface area contributed by atoms with E-state index >= 15 is 0 Å². The quantitative estimate of drug-likeness (QED) is 0.715. The van der Waals surface area contributed by atoms with Crippen molar-refractivity contribution in [3.8, 4) is 0 Å². The molecule has 24 heavy (non-hydrogen) atoms. The van der Waals surface area contributed by atoms with Crippen LogP contribution in [0.2, 0.25) is 0 Å². The van der Waals surface area contributed by atoms with E-state index in [-0.39, 0.29) is 12.0 Å². The van der Waals surface area contributed by atoms with Crippen LogP contribution in [0.1, 0.15) is 70.6 Å². The number of piperidine rings is 1. The predicted molar refractivity (Wildman–Crippen MR) is 93.6 cm³/mol. The number of hydrogen-bond acceptors (Lipinski definition) is 4. The average molecular weight is 338 g/mol. The van der Waals surface area contributed by atoms with Crippen LogP contribution in [0.5, 0.6) is 0 Å². The topological polar surface area (TPSA) is 72.8 Å². The average Bonchev–Trinajstić information content (AvgIpc) is 2.60. The maximum atomic E-state index is 12.8. The zero-order valence-corrected chi connectivity index (χ0v) is 14.9. The maximum absolute atomic E-state index is 12.8. The highest BCUT2D eigenvalue weighted by molar-refractivity contribution is 5.86. The summed E-state index contributed by atoms with van der Waals surface area (Å²) in [4.78, 5) is 14.8. The summed E-state index contributed by atoms with van der Waals surface area (Å²) in [5.74, 6) is 0.556. The van der Waals surface area contributed by atoms with Crippen molar-refractivity contribution in [2.75, 3.05) is 19.6 Å². The standard InChI is InChI=1S/C19H34N2O3/c22-17-9-7-16(8-10-17)20-14-19(24)11-4-12-21(18(19)23)13-15-5-2-1-3-6-15/h15-17,20,22,24H,1-14H2/t16?,17?,19-/m0/s1. The van der Waals surface area contributed by atoms with E-state index in [0.29, 0.717) is 24.9 Å². The lowest BCUT2D eigenvalue weighted by Crippen LogP contribution is -2.59. The number of nitrogens with zero attached hydrogens (tertiary/aromatic N) is 1. The number of likely N-dealkylation sites (tertiary alicyclic amines) is 1. The van der Waals surface area contributed by atoms with E-state index in [9.17, 15) is 15.0 Å². The number of nitrogens with one attached hydrogen (secondary N) is 1. The second-order valence-corrected chi connectivity index (χ2v) is 8.28. The Morgan fingerprint density at radius 1 is 1.04 bits per heavy atom. The summed E-state index contributed by atoms with van der Waals surface area (Å²) in [6.45, 7) is 1.98. The molecule has 2 aliphatic carbocycles. The number of rotatable bonds is 5. The zero-order valence-electron chi connectivity index (χ0n) is 14.9. The van der Waals surface area contributed by atoms with Crippen molar-refractivity contribution in [1.29, 1.82) is 0 Å². The van der Waals surface area contributed by atoms with Crippen LogP contribution in [-0.4, -0.2) is 58.4 Å². The van der Waals surface area contributed by atoms with E-state index in [1.807, 2.05) is 4.90 Å². The van der Waals surface area contributed by atoms with Crippen molar-refractivity contribution in [1.82, 2.24) is 10.2 Å². The summed E-state index contributed by atoms with van der Waals surface area (Å²) in [6.07, 6.45) is 11.1. The van der Waals surface area contributed by atoms with Crippen LogP contribution in [-0.2, 0) is 4.79 Å². The minimum atomic E-state index is -1.23. The van der Waals surface area contributed by atoms with Crippen LogP contribution in [0.4, 0.5) is 0 Å². The molecule has 5 nitrogen and oxygen atoms in total. The van der Waals surface area contributed by atoms with Crippen molar-refractivity contribution >= 4 is 5.91 Å². The molecule has 0 aromatic carbocycles. The summed E-state index contributed by atoms with van der Waals surface area (Å²) < 4.78 is 0. The first-order valence-electron chi connectivity index (χ1n) is 10.00. The van der Waals surface area contributed by atoms with E-state index in [0.717, 1.165) is 45.2 Å². The summed E-state index contributed by atoms with van der Waals surface area (Å²) in [5.41, 5.74) is -1.23. The molecule has 138 valence electrons. The molecule has 2 saturated carbocycles. The van der Waals surface area contributed by atoms with Gasteiger partial charge in [0.1, 0.15) is 0 Å². The molecule has 1 heterocycles. The molecule has 0 unspecified atom stereocenters. The molecule has 3 aliphatic rings. The van der Waals surface area contributed by atoms with Gasteiger partial charge in [0.15, 0.2) is 5.60 Å². The Labute approximate surface area is 145 Å².